The van der Waals surface area contributed by atoms with E-state index in [0.717, 1.165) is 0 Å². The second-order valence-electron chi connectivity index (χ2n) is 6.10. The van der Waals surface area contributed by atoms with E-state index in [4.69, 9.17) is 19.9 Å². The van der Waals surface area contributed by atoms with Crippen molar-refractivity contribution in [1.82, 2.24) is 9.55 Å². The Morgan fingerprint density at radius 1 is 1.41 bits per heavy atom. The fourth-order valence-electron chi connectivity index (χ4n) is 3.24. The Kier molecular flexibility index (Phi) is 5.27. The molecule has 0 aliphatic carbocycles. The highest BCUT2D eigenvalue weighted by Gasteiger charge is 2.38. The molecule has 8 heteroatoms. The molecule has 1 aliphatic heterocycles. The molecule has 8 nitrogen and oxygen atoms in total. The zero-order valence-corrected chi connectivity index (χ0v) is 15.4. The van der Waals surface area contributed by atoms with Crippen molar-refractivity contribution in [3.05, 3.63) is 69.2 Å². The molecule has 0 saturated heterocycles. The third kappa shape index (κ3) is 3.31. The second kappa shape index (κ2) is 7.63. The first kappa shape index (κ1) is 18.7. The van der Waals surface area contributed by atoms with E-state index in [1.165, 1.54) is 7.11 Å². The van der Waals surface area contributed by atoms with Crippen molar-refractivity contribution in [3.8, 4) is 5.75 Å². The molecule has 2 aromatic heterocycles. The van der Waals surface area contributed by atoms with Crippen molar-refractivity contribution in [1.29, 1.82) is 0 Å². The SMILES string of the molecule is COCCn1c(C)cc2c(c1=O)[C@@H](c1cccnc1)C(C(=O)OC)=C(N)O2. The van der Waals surface area contributed by atoms with Gasteiger partial charge in [0.25, 0.3) is 5.56 Å². The average molecular weight is 371 g/mol. The number of nitrogens with two attached hydrogens (primary N) is 1. The molecule has 0 aromatic carbocycles. The van der Waals surface area contributed by atoms with Gasteiger partial charge in [0.1, 0.15) is 11.3 Å². The topological polar surface area (TPSA) is 106 Å². The predicted octanol–water partition coefficient (Wildman–Crippen LogP) is 1.07. The Balaban J connectivity index is 2.28. The molecule has 2 N–H and O–H groups in total. The molecule has 0 radical (unpaired) electrons. The molecule has 3 rings (SSSR count). The summed E-state index contributed by atoms with van der Waals surface area (Å²) in [5, 5.41) is 0. The van der Waals surface area contributed by atoms with Gasteiger partial charge in [0.05, 0.1) is 25.2 Å². The van der Waals surface area contributed by atoms with Crippen LogP contribution in [0.25, 0.3) is 0 Å². The Labute approximate surface area is 156 Å². The first-order chi connectivity index (χ1) is 13.0. The maximum atomic E-state index is 13.3. The second-order valence-corrected chi connectivity index (χ2v) is 6.10. The van der Waals surface area contributed by atoms with Crippen LogP contribution >= 0.6 is 0 Å². The van der Waals surface area contributed by atoms with Gasteiger partial charge in [-0.1, -0.05) is 6.07 Å². The molecule has 0 fully saturated rings. The third-order valence-electron chi connectivity index (χ3n) is 4.51. The van der Waals surface area contributed by atoms with Crippen molar-refractivity contribution < 1.29 is 19.0 Å². The fraction of sp³-hybridized carbons (Fsp3) is 0.316. The lowest BCUT2D eigenvalue weighted by Gasteiger charge is -2.28. The van der Waals surface area contributed by atoms with Crippen LogP contribution in [0.5, 0.6) is 5.75 Å². The number of rotatable bonds is 5. The van der Waals surface area contributed by atoms with Gasteiger partial charge >= 0.3 is 5.97 Å². The number of nitrogens with zero attached hydrogens (tertiary/aromatic N) is 2. The van der Waals surface area contributed by atoms with Gasteiger partial charge in [-0.2, -0.15) is 0 Å². The summed E-state index contributed by atoms with van der Waals surface area (Å²) in [6, 6.07) is 5.24. The zero-order valence-electron chi connectivity index (χ0n) is 15.4. The fourth-order valence-corrected chi connectivity index (χ4v) is 3.24. The van der Waals surface area contributed by atoms with E-state index >= 15 is 0 Å². The largest absolute Gasteiger partial charge is 0.465 e. The van der Waals surface area contributed by atoms with E-state index in [0.29, 0.717) is 35.7 Å². The van der Waals surface area contributed by atoms with Gasteiger partial charge in [0.15, 0.2) is 0 Å². The quantitative estimate of drug-likeness (QED) is 0.784. The van der Waals surface area contributed by atoms with Crippen molar-refractivity contribution in [2.75, 3.05) is 20.8 Å². The summed E-state index contributed by atoms with van der Waals surface area (Å²) in [4.78, 5) is 29.8. The molecular formula is C19H21N3O5. The molecule has 142 valence electrons. The van der Waals surface area contributed by atoms with Crippen molar-refractivity contribution in [2.24, 2.45) is 5.73 Å². The molecule has 1 aliphatic rings. The van der Waals surface area contributed by atoms with Crippen LogP contribution in [0.1, 0.15) is 22.7 Å². The number of esters is 1. The first-order valence-corrected chi connectivity index (χ1v) is 8.38. The van der Waals surface area contributed by atoms with Crippen LogP contribution in [0.2, 0.25) is 0 Å². The maximum Gasteiger partial charge on any atom is 0.340 e. The molecule has 1 atom stereocenters. The summed E-state index contributed by atoms with van der Waals surface area (Å²) in [5.74, 6) is -1.16. The molecule has 27 heavy (non-hydrogen) atoms. The summed E-state index contributed by atoms with van der Waals surface area (Å²) in [6.07, 6.45) is 3.20. The molecule has 0 unspecified atom stereocenters. The smallest absolute Gasteiger partial charge is 0.340 e. The van der Waals surface area contributed by atoms with E-state index in [1.807, 2.05) is 0 Å². The average Bonchev–Trinajstić information content (AvgIpc) is 2.67. The standard InChI is InChI=1S/C19H21N3O5/c1-11-9-13-15(18(23)22(11)7-8-25-2)14(12-5-4-6-21-10-12)16(17(20)27-13)19(24)26-3/h4-6,9-10,14H,7-8,20H2,1-3H3/t14-/m1/s1. The van der Waals surface area contributed by atoms with Crippen LogP contribution in [0.4, 0.5) is 0 Å². The van der Waals surface area contributed by atoms with Crippen LogP contribution in [0.15, 0.2) is 46.8 Å². The van der Waals surface area contributed by atoms with Gasteiger partial charge in [0.2, 0.25) is 5.88 Å². The summed E-state index contributed by atoms with van der Waals surface area (Å²) >= 11 is 0. The Bertz CT molecular complexity index is 950. The monoisotopic (exact) mass is 371 g/mol. The number of methoxy groups -OCH3 is 2. The summed E-state index contributed by atoms with van der Waals surface area (Å²) in [7, 11) is 2.82. The number of aryl methyl sites for hydroxylation is 1. The molecule has 3 heterocycles. The van der Waals surface area contributed by atoms with Gasteiger partial charge in [-0.05, 0) is 18.6 Å². The number of hydrogen-bond donors (Lipinski definition) is 1. The van der Waals surface area contributed by atoms with Gasteiger partial charge in [-0.15, -0.1) is 0 Å². The lowest BCUT2D eigenvalue weighted by Crippen LogP contribution is -2.35. The minimum Gasteiger partial charge on any atom is -0.465 e. The number of carbonyl (C=O) groups excluding carboxylic acids is 1. The number of pyridine rings is 2. The lowest BCUT2D eigenvalue weighted by atomic mass is 9.84. The lowest BCUT2D eigenvalue weighted by molar-refractivity contribution is -0.136. The highest BCUT2D eigenvalue weighted by molar-refractivity contribution is 5.92. The summed E-state index contributed by atoms with van der Waals surface area (Å²) in [5.41, 5.74) is 7.50. The Morgan fingerprint density at radius 3 is 2.81 bits per heavy atom. The van der Waals surface area contributed by atoms with Crippen LogP contribution in [-0.2, 0) is 20.8 Å². The Hall–Kier alpha value is -3.13. The van der Waals surface area contributed by atoms with Crippen LogP contribution < -0.4 is 16.0 Å². The normalized spacial score (nSPS) is 15.9. The number of aromatic nitrogens is 2. The molecule has 2 aromatic rings. The predicted molar refractivity (Wildman–Crippen MR) is 97.3 cm³/mol. The van der Waals surface area contributed by atoms with Crippen LogP contribution in [0.3, 0.4) is 0 Å². The van der Waals surface area contributed by atoms with Crippen molar-refractivity contribution in [3.63, 3.8) is 0 Å². The van der Waals surface area contributed by atoms with Crippen molar-refractivity contribution in [2.45, 2.75) is 19.4 Å². The van der Waals surface area contributed by atoms with E-state index in [-0.39, 0.29) is 17.0 Å². The molecule has 0 bridgehead atoms. The van der Waals surface area contributed by atoms with Crippen LogP contribution in [-0.4, -0.2) is 36.3 Å². The van der Waals surface area contributed by atoms with E-state index in [2.05, 4.69) is 4.98 Å². The Morgan fingerprint density at radius 2 is 2.19 bits per heavy atom. The molecule has 0 saturated carbocycles. The maximum absolute atomic E-state index is 13.3. The molecule has 0 spiro atoms. The number of carbonyl (C=O) groups is 1. The summed E-state index contributed by atoms with van der Waals surface area (Å²) < 4.78 is 17.2. The highest BCUT2D eigenvalue weighted by atomic mass is 16.5. The van der Waals surface area contributed by atoms with Crippen LogP contribution in [0, 0.1) is 6.92 Å². The van der Waals surface area contributed by atoms with Crippen molar-refractivity contribution >= 4 is 5.97 Å². The van der Waals surface area contributed by atoms with E-state index < -0.39 is 11.9 Å². The molecule has 0 amide bonds. The summed E-state index contributed by atoms with van der Waals surface area (Å²) in [6.45, 7) is 2.55. The number of hydrogen-bond acceptors (Lipinski definition) is 7. The van der Waals surface area contributed by atoms with E-state index in [1.54, 1.807) is 49.2 Å². The van der Waals surface area contributed by atoms with Gasteiger partial charge < -0.3 is 24.5 Å². The number of ether oxygens (including phenoxy) is 3. The third-order valence-corrected chi connectivity index (χ3v) is 4.51. The number of fused-ring (bicyclic) bond motifs is 1. The zero-order chi connectivity index (χ0) is 19.6. The van der Waals surface area contributed by atoms with E-state index in [9.17, 15) is 9.59 Å². The minimum atomic E-state index is -0.739. The highest BCUT2D eigenvalue weighted by Crippen LogP contribution is 2.40. The minimum absolute atomic E-state index is 0.0808. The first-order valence-electron chi connectivity index (χ1n) is 8.38. The van der Waals surface area contributed by atoms with Gasteiger partial charge in [-0.3, -0.25) is 9.78 Å². The molecular weight excluding hydrogens is 350 g/mol. The van der Waals surface area contributed by atoms with Gasteiger partial charge in [-0.25, -0.2) is 4.79 Å². The van der Waals surface area contributed by atoms with Gasteiger partial charge in [0, 0.05) is 37.8 Å².